The average molecular weight is 665 g/mol. The number of nitrogens with one attached hydrogen (secondary N) is 4. The van der Waals surface area contributed by atoms with Crippen LogP contribution >= 0.6 is 11.8 Å². The minimum atomic E-state index is -0.500. The zero-order chi connectivity index (χ0) is 32.7. The van der Waals surface area contributed by atoms with E-state index in [9.17, 15) is 14.4 Å². The normalized spacial score (nSPS) is 20.6. The highest BCUT2D eigenvalue weighted by Gasteiger charge is 2.42. The van der Waals surface area contributed by atoms with Gasteiger partial charge in [-0.1, -0.05) is 54.7 Å². The van der Waals surface area contributed by atoms with Crippen LogP contribution in [-0.4, -0.2) is 93.8 Å². The average Bonchev–Trinajstić information content (AvgIpc) is 3.62. The maximum Gasteiger partial charge on any atom is 0.407 e. The number of benzene rings is 2. The van der Waals surface area contributed by atoms with E-state index in [4.69, 9.17) is 18.9 Å². The Morgan fingerprint density at radius 1 is 0.830 bits per heavy atom. The topological polar surface area (TPSA) is 136 Å². The molecule has 4 N–H and O–H groups in total. The summed E-state index contributed by atoms with van der Waals surface area (Å²) in [6.07, 6.45) is 2.90. The predicted molar refractivity (Wildman–Crippen MR) is 179 cm³/mol. The molecule has 1 unspecified atom stereocenters. The molecule has 0 bridgehead atoms. The van der Waals surface area contributed by atoms with Gasteiger partial charge in [-0.05, 0) is 30.5 Å². The van der Waals surface area contributed by atoms with Gasteiger partial charge >= 0.3 is 12.1 Å². The number of fused-ring (bicyclic) bond motifs is 3. The maximum absolute atomic E-state index is 12.6. The SMILES string of the molecule is O=C(CCCC[C@@H]1SC[C@@H]2NC(=O)N[C@@H]21)NCCOCCOCCOCCNC(=O)OC1Cc2ccccc2C#Cc2ccccc21. The van der Waals surface area contributed by atoms with E-state index in [-0.39, 0.29) is 24.0 Å². The number of carbonyl (C=O) groups excluding carboxylic acids is 3. The quantitative estimate of drug-likeness (QED) is 0.108. The van der Waals surface area contributed by atoms with E-state index in [1.807, 2.05) is 60.3 Å². The second-order valence-corrected chi connectivity index (χ2v) is 12.8. The molecule has 0 spiro atoms. The van der Waals surface area contributed by atoms with E-state index in [2.05, 4.69) is 33.1 Å². The summed E-state index contributed by atoms with van der Waals surface area (Å²) in [4.78, 5) is 36.1. The Morgan fingerprint density at radius 2 is 1.51 bits per heavy atom. The van der Waals surface area contributed by atoms with Crippen LogP contribution in [0.5, 0.6) is 0 Å². The lowest BCUT2D eigenvalue weighted by Gasteiger charge is -2.22. The Hall–Kier alpha value is -3.76. The van der Waals surface area contributed by atoms with Crippen LogP contribution in [0, 0.1) is 11.8 Å². The molecular weight excluding hydrogens is 620 g/mol. The molecule has 47 heavy (non-hydrogen) atoms. The molecule has 0 radical (unpaired) electrons. The number of amides is 4. The van der Waals surface area contributed by atoms with Crippen molar-refractivity contribution in [2.24, 2.45) is 0 Å². The van der Waals surface area contributed by atoms with Crippen LogP contribution in [-0.2, 0) is 30.2 Å². The number of hydrogen-bond donors (Lipinski definition) is 4. The van der Waals surface area contributed by atoms with Crippen molar-refractivity contribution in [3.63, 3.8) is 0 Å². The lowest BCUT2D eigenvalue weighted by atomic mass is 9.92. The summed E-state index contributed by atoms with van der Waals surface area (Å²) in [5.74, 6) is 7.43. The van der Waals surface area contributed by atoms with Crippen LogP contribution in [0.1, 0.15) is 54.0 Å². The Morgan fingerprint density at radius 3 is 2.32 bits per heavy atom. The molecule has 4 atom stereocenters. The van der Waals surface area contributed by atoms with Crippen molar-refractivity contribution >= 4 is 29.8 Å². The lowest BCUT2D eigenvalue weighted by molar-refractivity contribution is -0.121. The molecule has 2 aromatic carbocycles. The van der Waals surface area contributed by atoms with Crippen molar-refractivity contribution in [2.75, 3.05) is 58.5 Å². The lowest BCUT2D eigenvalue weighted by Crippen LogP contribution is -2.36. The monoisotopic (exact) mass is 664 g/mol. The summed E-state index contributed by atoms with van der Waals surface area (Å²) in [5, 5.41) is 12.0. The molecule has 3 aliphatic rings. The fraction of sp³-hybridized carbons (Fsp3) is 0.514. The van der Waals surface area contributed by atoms with E-state index in [1.165, 1.54) is 0 Å². The van der Waals surface area contributed by atoms with Gasteiger partial charge in [0.05, 0.1) is 51.7 Å². The molecule has 2 aromatic rings. The molecule has 12 heteroatoms. The summed E-state index contributed by atoms with van der Waals surface area (Å²) in [7, 11) is 0. The van der Waals surface area contributed by atoms with E-state index in [0.717, 1.165) is 47.3 Å². The second-order valence-electron chi connectivity index (χ2n) is 11.6. The summed E-state index contributed by atoms with van der Waals surface area (Å²) in [6.45, 7) is 3.19. The molecule has 2 aliphatic heterocycles. The van der Waals surface area contributed by atoms with Crippen LogP contribution in [0.2, 0.25) is 0 Å². The molecule has 11 nitrogen and oxygen atoms in total. The molecule has 1 aliphatic carbocycles. The highest BCUT2D eigenvalue weighted by atomic mass is 32.2. The molecule has 5 rings (SSSR count). The third-order valence-corrected chi connectivity index (χ3v) is 9.73. The van der Waals surface area contributed by atoms with Gasteiger partial charge in [0.2, 0.25) is 5.91 Å². The van der Waals surface area contributed by atoms with Crippen LogP contribution in [0.4, 0.5) is 9.59 Å². The third-order valence-electron chi connectivity index (χ3n) is 8.22. The largest absolute Gasteiger partial charge is 0.441 e. The number of alkyl carbamates (subject to hydrolysis) is 1. The predicted octanol–water partition coefficient (Wildman–Crippen LogP) is 3.30. The molecule has 2 saturated heterocycles. The van der Waals surface area contributed by atoms with Crippen LogP contribution in [0.3, 0.4) is 0 Å². The highest BCUT2D eigenvalue weighted by molar-refractivity contribution is 8.00. The zero-order valence-electron chi connectivity index (χ0n) is 26.6. The Bertz CT molecular complexity index is 1410. The first-order valence-corrected chi connectivity index (χ1v) is 17.4. The van der Waals surface area contributed by atoms with Crippen molar-refractivity contribution in [3.05, 3.63) is 70.8 Å². The Kier molecular flexibility index (Phi) is 13.6. The molecular formula is C35H44N4O7S. The highest BCUT2D eigenvalue weighted by Crippen LogP contribution is 2.33. The summed E-state index contributed by atoms with van der Waals surface area (Å²) in [6, 6.07) is 16.1. The van der Waals surface area contributed by atoms with Gasteiger partial charge in [0.15, 0.2) is 0 Å². The number of hydrogen-bond acceptors (Lipinski definition) is 8. The van der Waals surface area contributed by atoms with E-state index in [1.54, 1.807) is 0 Å². The van der Waals surface area contributed by atoms with E-state index >= 15 is 0 Å². The number of urea groups is 1. The number of ether oxygens (including phenoxy) is 4. The van der Waals surface area contributed by atoms with Gasteiger partial charge in [-0.25, -0.2) is 9.59 Å². The van der Waals surface area contributed by atoms with Crippen molar-refractivity contribution in [2.45, 2.75) is 55.5 Å². The Balaban J connectivity index is 0.825. The second kappa shape index (κ2) is 18.5. The fourth-order valence-corrected chi connectivity index (χ4v) is 7.37. The van der Waals surface area contributed by atoms with Gasteiger partial charge in [-0.3, -0.25) is 4.79 Å². The number of unbranched alkanes of at least 4 members (excludes halogenated alkanes) is 1. The first-order valence-electron chi connectivity index (χ1n) is 16.4. The minimum Gasteiger partial charge on any atom is -0.441 e. The summed E-state index contributed by atoms with van der Waals surface area (Å²) >= 11 is 1.90. The van der Waals surface area contributed by atoms with Crippen LogP contribution in [0.25, 0.3) is 0 Å². The third kappa shape index (κ3) is 10.9. The molecule has 4 amide bonds. The summed E-state index contributed by atoms with van der Waals surface area (Å²) < 4.78 is 22.4. The fourth-order valence-electron chi connectivity index (χ4n) is 5.82. The molecule has 252 valence electrons. The number of carbonyl (C=O) groups is 3. The smallest absolute Gasteiger partial charge is 0.407 e. The van der Waals surface area contributed by atoms with Gasteiger partial charge in [-0.2, -0.15) is 11.8 Å². The van der Waals surface area contributed by atoms with Gasteiger partial charge < -0.3 is 40.2 Å². The number of thioether (sulfide) groups is 1. The van der Waals surface area contributed by atoms with Crippen LogP contribution in [0.15, 0.2) is 48.5 Å². The molecule has 2 fully saturated rings. The van der Waals surface area contributed by atoms with Gasteiger partial charge in [0.25, 0.3) is 0 Å². The first-order chi connectivity index (χ1) is 23.1. The van der Waals surface area contributed by atoms with Crippen molar-refractivity contribution in [1.29, 1.82) is 0 Å². The van der Waals surface area contributed by atoms with Gasteiger partial charge in [0.1, 0.15) is 6.10 Å². The first kappa shape index (κ1) is 34.6. The van der Waals surface area contributed by atoms with Crippen molar-refractivity contribution < 1.29 is 33.3 Å². The molecule has 2 heterocycles. The van der Waals surface area contributed by atoms with Crippen molar-refractivity contribution in [1.82, 2.24) is 21.3 Å². The number of rotatable bonds is 18. The van der Waals surface area contributed by atoms with Gasteiger partial charge in [-0.15, -0.1) is 0 Å². The standard InChI is InChI=1S/C35H44N4O7S/c40-32(12-6-5-11-31-33-29(24-47-31)38-34(41)39-33)36-15-17-43-19-21-45-22-20-44-18-16-37-35(42)46-30-23-27-9-2-1-7-25(27)13-14-26-8-3-4-10-28(26)30/h1-4,7-10,29-31,33H,5-6,11-12,15-24H2,(H,36,40)(H,37,42)(H2,38,39,41)/t29-,30?,31-,33-/m0/s1. The summed E-state index contributed by atoms with van der Waals surface area (Å²) in [5.41, 5.74) is 3.74. The van der Waals surface area contributed by atoms with E-state index in [0.29, 0.717) is 70.8 Å². The molecule has 0 saturated carbocycles. The van der Waals surface area contributed by atoms with Crippen molar-refractivity contribution in [3.8, 4) is 11.8 Å². The minimum absolute atomic E-state index is 0.0309. The molecule has 0 aromatic heterocycles. The van der Waals surface area contributed by atoms with E-state index < -0.39 is 12.2 Å². The van der Waals surface area contributed by atoms with Gasteiger partial charge in [0, 0.05) is 53.6 Å². The zero-order valence-corrected chi connectivity index (χ0v) is 27.4. The van der Waals surface area contributed by atoms with Crippen LogP contribution < -0.4 is 21.3 Å². The Labute approximate surface area is 280 Å². The maximum atomic E-state index is 12.6.